The minimum absolute atomic E-state index is 0.176. The zero-order chi connectivity index (χ0) is 13.5. The minimum Gasteiger partial charge on any atom is -0.497 e. The lowest BCUT2D eigenvalue weighted by molar-refractivity contribution is -0.144. The SMILES string of the molecule is CCOC(=O)C(CN)c1cc(OC)cc(OC)c1. The zero-order valence-corrected chi connectivity index (χ0v) is 10.9. The van der Waals surface area contributed by atoms with Crippen molar-refractivity contribution in [3.63, 3.8) is 0 Å². The molecule has 0 saturated heterocycles. The van der Waals surface area contributed by atoms with E-state index >= 15 is 0 Å². The molecule has 0 spiro atoms. The van der Waals surface area contributed by atoms with Crippen molar-refractivity contribution in [2.45, 2.75) is 12.8 Å². The van der Waals surface area contributed by atoms with Crippen molar-refractivity contribution in [3.05, 3.63) is 23.8 Å². The molecule has 2 N–H and O–H groups in total. The molecule has 0 fully saturated rings. The predicted molar refractivity (Wildman–Crippen MR) is 68.0 cm³/mol. The zero-order valence-electron chi connectivity index (χ0n) is 10.9. The van der Waals surface area contributed by atoms with Gasteiger partial charge in [-0.15, -0.1) is 0 Å². The van der Waals surface area contributed by atoms with Crippen LogP contribution in [0, 0.1) is 0 Å². The fourth-order valence-electron chi connectivity index (χ4n) is 1.64. The minimum atomic E-state index is -0.506. The maximum absolute atomic E-state index is 11.8. The third-order valence-corrected chi connectivity index (χ3v) is 2.58. The monoisotopic (exact) mass is 253 g/mol. The van der Waals surface area contributed by atoms with Gasteiger partial charge in [0.05, 0.1) is 26.7 Å². The molecule has 5 nitrogen and oxygen atoms in total. The fraction of sp³-hybridized carbons (Fsp3) is 0.462. The number of esters is 1. The van der Waals surface area contributed by atoms with Crippen LogP contribution >= 0.6 is 0 Å². The van der Waals surface area contributed by atoms with E-state index in [0.29, 0.717) is 18.1 Å². The van der Waals surface area contributed by atoms with E-state index in [1.54, 1.807) is 39.3 Å². The van der Waals surface area contributed by atoms with E-state index < -0.39 is 5.92 Å². The first-order chi connectivity index (χ1) is 8.65. The van der Waals surface area contributed by atoms with Crippen LogP contribution in [0.25, 0.3) is 0 Å². The molecule has 5 heteroatoms. The van der Waals surface area contributed by atoms with Crippen molar-refractivity contribution >= 4 is 5.97 Å². The van der Waals surface area contributed by atoms with Gasteiger partial charge in [0, 0.05) is 12.6 Å². The van der Waals surface area contributed by atoms with Gasteiger partial charge in [0.1, 0.15) is 11.5 Å². The Morgan fingerprint density at radius 2 is 1.78 bits per heavy atom. The number of methoxy groups -OCH3 is 2. The number of carbonyl (C=O) groups is 1. The van der Waals surface area contributed by atoms with E-state index in [-0.39, 0.29) is 12.5 Å². The third-order valence-electron chi connectivity index (χ3n) is 2.58. The van der Waals surface area contributed by atoms with E-state index in [9.17, 15) is 4.79 Å². The molecular formula is C13H19NO4. The Morgan fingerprint density at radius 3 is 2.17 bits per heavy atom. The normalized spacial score (nSPS) is 11.8. The number of nitrogens with two attached hydrogens (primary N) is 1. The number of rotatable bonds is 6. The highest BCUT2D eigenvalue weighted by Crippen LogP contribution is 2.27. The standard InChI is InChI=1S/C13H19NO4/c1-4-18-13(15)12(8-14)9-5-10(16-2)7-11(6-9)17-3/h5-7,12H,4,8,14H2,1-3H3. The Labute approximate surface area is 107 Å². The summed E-state index contributed by atoms with van der Waals surface area (Å²) in [7, 11) is 3.11. The van der Waals surface area contributed by atoms with Crippen molar-refractivity contribution in [2.75, 3.05) is 27.4 Å². The van der Waals surface area contributed by atoms with Crippen molar-refractivity contribution in [1.29, 1.82) is 0 Å². The van der Waals surface area contributed by atoms with Gasteiger partial charge in [-0.1, -0.05) is 0 Å². The van der Waals surface area contributed by atoms with Crippen LogP contribution in [0.15, 0.2) is 18.2 Å². The molecule has 0 radical (unpaired) electrons. The second-order valence-electron chi connectivity index (χ2n) is 3.69. The lowest BCUT2D eigenvalue weighted by atomic mass is 9.99. The van der Waals surface area contributed by atoms with Gasteiger partial charge >= 0.3 is 5.97 Å². The highest BCUT2D eigenvalue weighted by Gasteiger charge is 2.21. The van der Waals surface area contributed by atoms with Gasteiger partial charge in [-0.3, -0.25) is 4.79 Å². The second-order valence-corrected chi connectivity index (χ2v) is 3.69. The molecule has 1 aromatic rings. The molecular weight excluding hydrogens is 234 g/mol. The summed E-state index contributed by atoms with van der Waals surface area (Å²) in [6.45, 7) is 2.27. The van der Waals surface area contributed by atoms with Crippen molar-refractivity contribution in [2.24, 2.45) is 5.73 Å². The van der Waals surface area contributed by atoms with Gasteiger partial charge in [0.2, 0.25) is 0 Å². The molecule has 0 aliphatic carbocycles. The molecule has 0 aliphatic rings. The van der Waals surface area contributed by atoms with Crippen LogP contribution < -0.4 is 15.2 Å². The Kier molecular flexibility index (Phi) is 5.45. The average molecular weight is 253 g/mol. The van der Waals surface area contributed by atoms with Crippen LogP contribution in [0.1, 0.15) is 18.4 Å². The Bertz CT molecular complexity index is 384. The molecule has 0 saturated carbocycles. The van der Waals surface area contributed by atoms with E-state index in [2.05, 4.69) is 0 Å². The molecule has 100 valence electrons. The largest absolute Gasteiger partial charge is 0.497 e. The van der Waals surface area contributed by atoms with Gasteiger partial charge in [0.25, 0.3) is 0 Å². The van der Waals surface area contributed by atoms with Crippen LogP contribution in [-0.2, 0) is 9.53 Å². The number of hydrogen-bond donors (Lipinski definition) is 1. The van der Waals surface area contributed by atoms with Gasteiger partial charge in [-0.05, 0) is 24.6 Å². The summed E-state index contributed by atoms with van der Waals surface area (Å²) in [4.78, 5) is 11.8. The summed E-state index contributed by atoms with van der Waals surface area (Å²) >= 11 is 0. The summed E-state index contributed by atoms with van der Waals surface area (Å²) in [5.74, 6) is 0.392. The molecule has 1 atom stereocenters. The third kappa shape index (κ3) is 3.37. The molecule has 0 amide bonds. The van der Waals surface area contributed by atoms with Crippen LogP contribution in [0.5, 0.6) is 11.5 Å². The van der Waals surface area contributed by atoms with Crippen LogP contribution in [0.3, 0.4) is 0 Å². The first-order valence-corrected chi connectivity index (χ1v) is 5.75. The molecule has 18 heavy (non-hydrogen) atoms. The number of carbonyl (C=O) groups excluding carboxylic acids is 1. The average Bonchev–Trinajstić information content (AvgIpc) is 2.39. The van der Waals surface area contributed by atoms with E-state index in [0.717, 1.165) is 5.56 Å². The van der Waals surface area contributed by atoms with Crippen molar-refractivity contribution in [1.82, 2.24) is 0 Å². The Balaban J connectivity index is 3.07. The maximum Gasteiger partial charge on any atom is 0.314 e. The second kappa shape index (κ2) is 6.86. The van der Waals surface area contributed by atoms with E-state index in [4.69, 9.17) is 19.9 Å². The van der Waals surface area contributed by atoms with Gasteiger partial charge in [0.15, 0.2) is 0 Å². The molecule has 1 unspecified atom stereocenters. The van der Waals surface area contributed by atoms with Crippen molar-refractivity contribution < 1.29 is 19.0 Å². The molecule has 1 rings (SSSR count). The summed E-state index contributed by atoms with van der Waals surface area (Å²) in [6.07, 6.45) is 0. The predicted octanol–water partition coefficient (Wildman–Crippen LogP) is 1.31. The smallest absolute Gasteiger partial charge is 0.314 e. The molecule has 1 aromatic carbocycles. The fourth-order valence-corrected chi connectivity index (χ4v) is 1.64. The summed E-state index contributed by atoms with van der Waals surface area (Å²) < 4.78 is 15.3. The van der Waals surface area contributed by atoms with Gasteiger partial charge in [-0.25, -0.2) is 0 Å². The summed E-state index contributed by atoms with van der Waals surface area (Å²) in [5.41, 5.74) is 6.37. The molecule has 0 aromatic heterocycles. The summed E-state index contributed by atoms with van der Waals surface area (Å²) in [6, 6.07) is 5.26. The topological polar surface area (TPSA) is 70.8 Å². The molecule has 0 heterocycles. The van der Waals surface area contributed by atoms with Gasteiger partial charge < -0.3 is 19.9 Å². The highest BCUT2D eigenvalue weighted by molar-refractivity contribution is 5.78. The highest BCUT2D eigenvalue weighted by atomic mass is 16.5. The van der Waals surface area contributed by atoms with E-state index in [1.165, 1.54) is 0 Å². The van der Waals surface area contributed by atoms with Crippen LogP contribution in [-0.4, -0.2) is 33.3 Å². The van der Waals surface area contributed by atoms with Crippen LogP contribution in [0.2, 0.25) is 0 Å². The number of hydrogen-bond acceptors (Lipinski definition) is 5. The van der Waals surface area contributed by atoms with Crippen LogP contribution in [0.4, 0.5) is 0 Å². The molecule has 0 bridgehead atoms. The lowest BCUT2D eigenvalue weighted by Crippen LogP contribution is -2.23. The lowest BCUT2D eigenvalue weighted by Gasteiger charge is -2.15. The Morgan fingerprint density at radius 1 is 1.22 bits per heavy atom. The quantitative estimate of drug-likeness (QED) is 0.774. The van der Waals surface area contributed by atoms with E-state index in [1.807, 2.05) is 0 Å². The molecule has 0 aliphatic heterocycles. The summed E-state index contributed by atoms with van der Waals surface area (Å²) in [5, 5.41) is 0. The first-order valence-electron chi connectivity index (χ1n) is 5.75. The first kappa shape index (κ1) is 14.3. The van der Waals surface area contributed by atoms with Crippen molar-refractivity contribution in [3.8, 4) is 11.5 Å². The Hall–Kier alpha value is -1.75. The number of benzene rings is 1. The maximum atomic E-state index is 11.8. The number of ether oxygens (including phenoxy) is 3. The van der Waals surface area contributed by atoms with Gasteiger partial charge in [-0.2, -0.15) is 0 Å².